The lowest BCUT2D eigenvalue weighted by atomic mass is 10.0. The smallest absolute Gasteiger partial charge is 0.268 e. The number of imide groups is 1. The molecular weight excluding hydrogens is 326 g/mol. The fourth-order valence-corrected chi connectivity index (χ4v) is 3.39. The largest absolute Gasteiger partial charge is 0.467 e. The number of hydrogen-bond donors (Lipinski definition) is 1. The van der Waals surface area contributed by atoms with Gasteiger partial charge in [0.1, 0.15) is 5.76 Å². The van der Waals surface area contributed by atoms with Gasteiger partial charge < -0.3 is 9.52 Å². The zero-order chi connectivity index (χ0) is 17.1. The van der Waals surface area contributed by atoms with Crippen molar-refractivity contribution in [3.05, 3.63) is 64.5 Å². The maximum Gasteiger partial charge on any atom is 0.268 e. The van der Waals surface area contributed by atoms with Crippen molar-refractivity contribution in [2.45, 2.75) is 13.5 Å². The number of amides is 2. The number of carbonyl (C=O) groups is 2. The number of aryl methyl sites for hydroxylation is 1. The Labute approximate surface area is 144 Å². The summed E-state index contributed by atoms with van der Waals surface area (Å²) in [5.41, 5.74) is 2.18. The van der Waals surface area contributed by atoms with Gasteiger partial charge in [0.05, 0.1) is 29.9 Å². The number of hydrogen-bond acceptors (Lipinski definition) is 5. The molecule has 0 atom stereocenters. The fraction of sp³-hybridized carbons (Fsp3) is 0.222. The number of nitrogens with zero attached hydrogens (tertiary/aromatic N) is 1. The van der Waals surface area contributed by atoms with Crippen molar-refractivity contribution in [2.75, 3.05) is 12.4 Å². The van der Waals surface area contributed by atoms with Crippen LogP contribution in [0.1, 0.15) is 16.9 Å². The van der Waals surface area contributed by atoms with E-state index in [0.29, 0.717) is 27.6 Å². The van der Waals surface area contributed by atoms with Crippen molar-refractivity contribution in [1.82, 2.24) is 4.90 Å². The number of rotatable bonds is 6. The van der Waals surface area contributed by atoms with Crippen LogP contribution in [0.5, 0.6) is 0 Å². The average molecular weight is 343 g/mol. The first-order chi connectivity index (χ1) is 11.6. The van der Waals surface area contributed by atoms with Crippen LogP contribution in [0.25, 0.3) is 5.57 Å². The first kappa shape index (κ1) is 16.5. The quantitative estimate of drug-likeness (QED) is 0.817. The van der Waals surface area contributed by atoms with E-state index in [1.807, 2.05) is 31.2 Å². The molecular formula is C18H17NO4S. The minimum atomic E-state index is -0.342. The predicted molar refractivity (Wildman–Crippen MR) is 91.9 cm³/mol. The molecule has 1 aromatic carbocycles. The summed E-state index contributed by atoms with van der Waals surface area (Å²) < 4.78 is 5.25. The Morgan fingerprint density at radius 1 is 1.12 bits per heavy atom. The summed E-state index contributed by atoms with van der Waals surface area (Å²) in [4.78, 5) is 27.1. The molecule has 5 nitrogen and oxygen atoms in total. The van der Waals surface area contributed by atoms with E-state index in [2.05, 4.69) is 0 Å². The van der Waals surface area contributed by atoms with Crippen molar-refractivity contribution in [1.29, 1.82) is 0 Å². The molecule has 24 heavy (non-hydrogen) atoms. The third kappa shape index (κ3) is 3.16. The standard InChI is InChI=1S/C18H17NO4S/c1-12-4-6-13(7-5-12)15-16(24-10-8-20)18(22)19(17(15)21)11-14-3-2-9-23-14/h2-7,9,20H,8,10-11H2,1H3. The Hall–Kier alpha value is -2.31. The first-order valence-corrected chi connectivity index (χ1v) is 8.54. The zero-order valence-corrected chi connectivity index (χ0v) is 14.0. The van der Waals surface area contributed by atoms with E-state index in [9.17, 15) is 9.59 Å². The monoisotopic (exact) mass is 343 g/mol. The van der Waals surface area contributed by atoms with Crippen LogP contribution in [0.2, 0.25) is 0 Å². The molecule has 6 heteroatoms. The van der Waals surface area contributed by atoms with Crippen LogP contribution in [0.3, 0.4) is 0 Å². The van der Waals surface area contributed by atoms with E-state index >= 15 is 0 Å². The van der Waals surface area contributed by atoms with Gasteiger partial charge in [-0.3, -0.25) is 14.5 Å². The van der Waals surface area contributed by atoms with Crippen molar-refractivity contribution in [3.63, 3.8) is 0 Å². The molecule has 0 spiro atoms. The second-order valence-electron chi connectivity index (χ2n) is 5.42. The topological polar surface area (TPSA) is 70.8 Å². The summed E-state index contributed by atoms with van der Waals surface area (Å²) in [7, 11) is 0. The van der Waals surface area contributed by atoms with Crippen LogP contribution in [0.15, 0.2) is 52.0 Å². The Balaban J connectivity index is 1.96. The highest BCUT2D eigenvalue weighted by molar-refractivity contribution is 8.04. The molecule has 1 aliphatic rings. The third-order valence-corrected chi connectivity index (χ3v) is 4.75. The van der Waals surface area contributed by atoms with Crippen molar-refractivity contribution < 1.29 is 19.1 Å². The van der Waals surface area contributed by atoms with Gasteiger partial charge in [-0.05, 0) is 24.6 Å². The van der Waals surface area contributed by atoms with E-state index < -0.39 is 0 Å². The highest BCUT2D eigenvalue weighted by Gasteiger charge is 2.39. The van der Waals surface area contributed by atoms with Gasteiger partial charge in [0, 0.05) is 5.75 Å². The molecule has 3 rings (SSSR count). The molecule has 124 valence electrons. The third-order valence-electron chi connectivity index (χ3n) is 3.70. The van der Waals surface area contributed by atoms with Gasteiger partial charge in [-0.15, -0.1) is 11.8 Å². The highest BCUT2D eigenvalue weighted by atomic mass is 32.2. The molecule has 0 saturated heterocycles. The summed E-state index contributed by atoms with van der Waals surface area (Å²) in [6, 6.07) is 10.9. The normalized spacial score (nSPS) is 14.8. The minimum Gasteiger partial charge on any atom is -0.467 e. The molecule has 0 bridgehead atoms. The van der Waals surface area contributed by atoms with Crippen LogP contribution < -0.4 is 0 Å². The number of benzene rings is 1. The van der Waals surface area contributed by atoms with Crippen LogP contribution in [0, 0.1) is 6.92 Å². The van der Waals surface area contributed by atoms with Crippen LogP contribution in [-0.2, 0) is 16.1 Å². The maximum absolute atomic E-state index is 12.8. The lowest BCUT2D eigenvalue weighted by Gasteiger charge is -2.13. The Kier molecular flexibility index (Phi) is 4.87. The number of carbonyl (C=O) groups excluding carboxylic acids is 2. The molecule has 0 unspecified atom stereocenters. The molecule has 0 fully saturated rings. The zero-order valence-electron chi connectivity index (χ0n) is 13.2. The van der Waals surface area contributed by atoms with Crippen LogP contribution >= 0.6 is 11.8 Å². The predicted octanol–water partition coefficient (Wildman–Crippen LogP) is 2.59. The van der Waals surface area contributed by atoms with Gasteiger partial charge in [-0.2, -0.15) is 0 Å². The van der Waals surface area contributed by atoms with Crippen molar-refractivity contribution in [2.24, 2.45) is 0 Å². The van der Waals surface area contributed by atoms with E-state index in [4.69, 9.17) is 9.52 Å². The van der Waals surface area contributed by atoms with Crippen molar-refractivity contribution >= 4 is 29.1 Å². The van der Waals surface area contributed by atoms with E-state index in [0.717, 1.165) is 5.56 Å². The maximum atomic E-state index is 12.8. The Morgan fingerprint density at radius 3 is 2.50 bits per heavy atom. The molecule has 1 aliphatic heterocycles. The molecule has 1 aromatic heterocycles. The Bertz CT molecular complexity index is 778. The number of thioether (sulfide) groups is 1. The summed E-state index contributed by atoms with van der Waals surface area (Å²) in [5, 5.41) is 9.08. The SMILES string of the molecule is Cc1ccc(C2=C(SCCO)C(=O)N(Cc3ccco3)C2=O)cc1. The average Bonchev–Trinajstić information content (AvgIpc) is 3.16. The molecule has 0 radical (unpaired) electrons. The molecule has 2 amide bonds. The van der Waals surface area contributed by atoms with E-state index in [-0.39, 0.29) is 25.0 Å². The van der Waals surface area contributed by atoms with Gasteiger partial charge in [0.2, 0.25) is 0 Å². The van der Waals surface area contributed by atoms with Gasteiger partial charge in [0.15, 0.2) is 0 Å². The summed E-state index contributed by atoms with van der Waals surface area (Å²) in [5.74, 6) is 0.234. The molecule has 2 heterocycles. The molecule has 2 aromatic rings. The number of aliphatic hydroxyl groups is 1. The number of furan rings is 1. The van der Waals surface area contributed by atoms with Crippen LogP contribution in [0.4, 0.5) is 0 Å². The summed E-state index contributed by atoms with van der Waals surface area (Å²) in [6.45, 7) is 2.00. The highest BCUT2D eigenvalue weighted by Crippen LogP contribution is 2.36. The fourth-order valence-electron chi connectivity index (χ4n) is 2.51. The summed E-state index contributed by atoms with van der Waals surface area (Å²) in [6.07, 6.45) is 1.51. The number of aliphatic hydroxyl groups excluding tert-OH is 1. The van der Waals surface area contributed by atoms with Gasteiger partial charge >= 0.3 is 0 Å². The van der Waals surface area contributed by atoms with E-state index in [1.54, 1.807) is 12.1 Å². The first-order valence-electron chi connectivity index (χ1n) is 7.55. The van der Waals surface area contributed by atoms with Gasteiger partial charge in [-0.1, -0.05) is 29.8 Å². The van der Waals surface area contributed by atoms with E-state index in [1.165, 1.54) is 22.9 Å². The second-order valence-corrected chi connectivity index (χ2v) is 6.52. The minimum absolute atomic E-state index is 0.0605. The lowest BCUT2D eigenvalue weighted by Crippen LogP contribution is -2.30. The molecule has 0 saturated carbocycles. The van der Waals surface area contributed by atoms with Crippen LogP contribution in [-0.4, -0.2) is 34.2 Å². The van der Waals surface area contributed by atoms with Gasteiger partial charge in [0.25, 0.3) is 11.8 Å². The molecule has 1 N–H and O–H groups in total. The summed E-state index contributed by atoms with van der Waals surface area (Å²) >= 11 is 1.21. The van der Waals surface area contributed by atoms with Gasteiger partial charge in [-0.25, -0.2) is 0 Å². The lowest BCUT2D eigenvalue weighted by molar-refractivity contribution is -0.137. The van der Waals surface area contributed by atoms with Crippen molar-refractivity contribution in [3.8, 4) is 0 Å². The Morgan fingerprint density at radius 2 is 1.88 bits per heavy atom. The molecule has 0 aliphatic carbocycles. The second kappa shape index (κ2) is 7.07.